The quantitative estimate of drug-likeness (QED) is 0.818. The van der Waals surface area contributed by atoms with Crippen molar-refractivity contribution < 1.29 is 9.18 Å². The molecule has 0 unspecified atom stereocenters. The van der Waals surface area contributed by atoms with Crippen LogP contribution in [0.15, 0.2) is 18.2 Å². The molecule has 1 saturated heterocycles. The lowest BCUT2D eigenvalue weighted by Crippen LogP contribution is -2.47. The molecule has 1 fully saturated rings. The first-order chi connectivity index (χ1) is 8.58. The number of halogens is 2. The number of piperazine rings is 1. The highest BCUT2D eigenvalue weighted by Gasteiger charge is 2.21. The van der Waals surface area contributed by atoms with Gasteiger partial charge in [-0.15, -0.1) is 0 Å². The third-order valence-corrected chi connectivity index (χ3v) is 3.60. The predicted molar refractivity (Wildman–Crippen MR) is 69.2 cm³/mol. The molecule has 2 rings (SSSR count). The summed E-state index contributed by atoms with van der Waals surface area (Å²) < 4.78 is 13.6. The first-order valence-corrected chi connectivity index (χ1v) is 6.35. The molecule has 0 N–H and O–H groups in total. The summed E-state index contributed by atoms with van der Waals surface area (Å²) in [5.74, 6) is -0.472. The summed E-state index contributed by atoms with van der Waals surface area (Å²) in [5, 5.41) is 0.317. The Morgan fingerprint density at radius 1 is 1.33 bits per heavy atom. The van der Waals surface area contributed by atoms with Gasteiger partial charge in [0, 0.05) is 36.8 Å². The Morgan fingerprint density at radius 2 is 2.00 bits per heavy atom. The van der Waals surface area contributed by atoms with Crippen LogP contribution in [0.1, 0.15) is 5.56 Å². The standard InChI is InChI=1S/C13H16ClFN2O/c1-16-5-7-17(8-6-16)13(18)9-10-11(14)3-2-4-12(10)15/h2-4H,5-9H2,1H3. The van der Waals surface area contributed by atoms with E-state index in [-0.39, 0.29) is 12.3 Å². The van der Waals surface area contributed by atoms with Crippen molar-refractivity contribution in [3.63, 3.8) is 0 Å². The van der Waals surface area contributed by atoms with Crippen molar-refractivity contribution in [2.24, 2.45) is 0 Å². The lowest BCUT2D eigenvalue weighted by atomic mass is 10.1. The molecule has 1 aromatic carbocycles. The van der Waals surface area contributed by atoms with E-state index in [1.807, 2.05) is 7.05 Å². The Balaban J connectivity index is 2.03. The van der Waals surface area contributed by atoms with Crippen LogP contribution in [0.4, 0.5) is 4.39 Å². The van der Waals surface area contributed by atoms with E-state index in [0.29, 0.717) is 23.7 Å². The number of benzene rings is 1. The first kappa shape index (κ1) is 13.3. The molecule has 0 spiro atoms. The van der Waals surface area contributed by atoms with Gasteiger partial charge in [-0.05, 0) is 19.2 Å². The highest BCUT2D eigenvalue weighted by molar-refractivity contribution is 6.31. The third-order valence-electron chi connectivity index (χ3n) is 3.25. The highest BCUT2D eigenvalue weighted by atomic mass is 35.5. The summed E-state index contributed by atoms with van der Waals surface area (Å²) in [4.78, 5) is 16.0. The maximum atomic E-state index is 13.6. The number of likely N-dealkylation sites (N-methyl/N-ethyl adjacent to an activating group) is 1. The molecule has 0 aromatic heterocycles. The second-order valence-electron chi connectivity index (χ2n) is 4.56. The van der Waals surface area contributed by atoms with Gasteiger partial charge in [-0.2, -0.15) is 0 Å². The van der Waals surface area contributed by atoms with Gasteiger partial charge in [0.1, 0.15) is 5.82 Å². The monoisotopic (exact) mass is 270 g/mol. The summed E-state index contributed by atoms with van der Waals surface area (Å²) in [5.41, 5.74) is 0.295. The van der Waals surface area contributed by atoms with Crippen molar-refractivity contribution >= 4 is 17.5 Å². The van der Waals surface area contributed by atoms with Crippen molar-refractivity contribution in [3.05, 3.63) is 34.6 Å². The Labute approximate surface area is 111 Å². The highest BCUT2D eigenvalue weighted by Crippen LogP contribution is 2.20. The minimum absolute atomic E-state index is 0.0369. The maximum absolute atomic E-state index is 13.6. The van der Waals surface area contributed by atoms with Gasteiger partial charge in [0.15, 0.2) is 0 Å². The van der Waals surface area contributed by atoms with Crippen molar-refractivity contribution in [1.82, 2.24) is 9.80 Å². The molecule has 18 heavy (non-hydrogen) atoms. The molecule has 1 aliphatic heterocycles. The van der Waals surface area contributed by atoms with Crippen molar-refractivity contribution in [2.75, 3.05) is 33.2 Å². The molecule has 1 aliphatic rings. The van der Waals surface area contributed by atoms with Crippen LogP contribution >= 0.6 is 11.6 Å². The number of hydrogen-bond acceptors (Lipinski definition) is 2. The van der Waals surface area contributed by atoms with E-state index in [0.717, 1.165) is 13.1 Å². The van der Waals surface area contributed by atoms with Crippen LogP contribution in [0.3, 0.4) is 0 Å². The van der Waals surface area contributed by atoms with E-state index in [9.17, 15) is 9.18 Å². The molecule has 1 amide bonds. The first-order valence-electron chi connectivity index (χ1n) is 5.97. The van der Waals surface area contributed by atoms with Gasteiger partial charge in [-0.3, -0.25) is 4.79 Å². The number of nitrogens with zero attached hydrogens (tertiary/aromatic N) is 2. The molecule has 0 atom stereocenters. The average molecular weight is 271 g/mol. The predicted octanol–water partition coefficient (Wildman–Crippen LogP) is 1.80. The third kappa shape index (κ3) is 3.00. The molecule has 5 heteroatoms. The Hall–Kier alpha value is -1.13. The lowest BCUT2D eigenvalue weighted by Gasteiger charge is -2.32. The molecule has 98 valence electrons. The SMILES string of the molecule is CN1CCN(C(=O)Cc2c(F)cccc2Cl)CC1. The summed E-state index contributed by atoms with van der Waals surface area (Å²) in [6, 6.07) is 4.48. The maximum Gasteiger partial charge on any atom is 0.227 e. The minimum atomic E-state index is -0.412. The van der Waals surface area contributed by atoms with Crippen LogP contribution in [0.5, 0.6) is 0 Å². The largest absolute Gasteiger partial charge is 0.340 e. The number of carbonyl (C=O) groups excluding carboxylic acids is 1. The smallest absolute Gasteiger partial charge is 0.227 e. The Bertz CT molecular complexity index is 424. The molecule has 0 aliphatic carbocycles. The van der Waals surface area contributed by atoms with Crippen molar-refractivity contribution in [2.45, 2.75) is 6.42 Å². The number of hydrogen-bond donors (Lipinski definition) is 0. The summed E-state index contributed by atoms with van der Waals surface area (Å²) in [6.45, 7) is 3.11. The number of rotatable bonds is 2. The van der Waals surface area contributed by atoms with Crippen molar-refractivity contribution in [3.8, 4) is 0 Å². The summed E-state index contributed by atoms with van der Waals surface area (Å²) in [6.07, 6.45) is 0.0369. The van der Waals surface area contributed by atoms with Gasteiger partial charge in [-0.1, -0.05) is 17.7 Å². The van der Waals surface area contributed by atoms with Gasteiger partial charge in [0.2, 0.25) is 5.91 Å². The van der Waals surface area contributed by atoms with E-state index in [1.54, 1.807) is 17.0 Å². The van der Waals surface area contributed by atoms with Crippen LogP contribution < -0.4 is 0 Å². The van der Waals surface area contributed by atoms with Crippen LogP contribution in [-0.4, -0.2) is 48.9 Å². The zero-order valence-electron chi connectivity index (χ0n) is 10.3. The average Bonchev–Trinajstić information content (AvgIpc) is 2.34. The molecule has 1 aromatic rings. The number of carbonyl (C=O) groups is 1. The van der Waals surface area contributed by atoms with E-state index >= 15 is 0 Å². The Morgan fingerprint density at radius 3 is 2.61 bits per heavy atom. The fourth-order valence-corrected chi connectivity index (χ4v) is 2.25. The zero-order valence-corrected chi connectivity index (χ0v) is 11.1. The van der Waals surface area contributed by atoms with Gasteiger partial charge in [-0.25, -0.2) is 4.39 Å². The van der Waals surface area contributed by atoms with E-state index < -0.39 is 5.82 Å². The van der Waals surface area contributed by atoms with Gasteiger partial charge < -0.3 is 9.80 Å². The molecule has 3 nitrogen and oxygen atoms in total. The zero-order chi connectivity index (χ0) is 13.1. The van der Waals surface area contributed by atoms with Crippen molar-refractivity contribution in [1.29, 1.82) is 0 Å². The van der Waals surface area contributed by atoms with Crippen LogP contribution in [0.2, 0.25) is 5.02 Å². The van der Waals surface area contributed by atoms with Crippen LogP contribution in [-0.2, 0) is 11.2 Å². The normalized spacial score (nSPS) is 16.9. The fraction of sp³-hybridized carbons (Fsp3) is 0.462. The van der Waals surface area contributed by atoms with E-state index in [2.05, 4.69) is 4.90 Å². The molecule has 0 bridgehead atoms. The fourth-order valence-electron chi connectivity index (χ4n) is 2.02. The van der Waals surface area contributed by atoms with E-state index in [4.69, 9.17) is 11.6 Å². The second kappa shape index (κ2) is 5.67. The van der Waals surface area contributed by atoms with Gasteiger partial charge in [0.25, 0.3) is 0 Å². The topological polar surface area (TPSA) is 23.6 Å². The second-order valence-corrected chi connectivity index (χ2v) is 4.97. The summed E-state index contributed by atoms with van der Waals surface area (Å²) >= 11 is 5.92. The molecule has 0 radical (unpaired) electrons. The van der Waals surface area contributed by atoms with Gasteiger partial charge in [0.05, 0.1) is 6.42 Å². The van der Waals surface area contributed by atoms with Crippen LogP contribution in [0, 0.1) is 5.82 Å². The molecule has 1 heterocycles. The lowest BCUT2D eigenvalue weighted by molar-refractivity contribution is -0.132. The number of amides is 1. The van der Waals surface area contributed by atoms with Gasteiger partial charge >= 0.3 is 0 Å². The van der Waals surface area contributed by atoms with Crippen LogP contribution in [0.25, 0.3) is 0 Å². The summed E-state index contributed by atoms with van der Waals surface area (Å²) in [7, 11) is 2.02. The minimum Gasteiger partial charge on any atom is -0.340 e. The van der Waals surface area contributed by atoms with E-state index in [1.165, 1.54) is 6.07 Å². The molecule has 0 saturated carbocycles. The Kier molecular flexibility index (Phi) is 4.19. The molecular formula is C13H16ClFN2O. The molecular weight excluding hydrogens is 255 g/mol.